The molecule has 1 aliphatic carbocycles. The van der Waals surface area contributed by atoms with E-state index in [-0.39, 0.29) is 11.6 Å². The lowest BCUT2D eigenvalue weighted by atomic mass is 9.96. The molecule has 1 heterocycles. The van der Waals surface area contributed by atoms with Gasteiger partial charge in [0.1, 0.15) is 5.92 Å². The van der Waals surface area contributed by atoms with Crippen molar-refractivity contribution in [2.75, 3.05) is 6.54 Å². The van der Waals surface area contributed by atoms with Crippen LogP contribution in [0, 0.1) is 5.92 Å². The molecular formula is C18H15N3O2S2. The number of ketones is 2. The summed E-state index contributed by atoms with van der Waals surface area (Å²) in [7, 11) is 0. The molecule has 1 aliphatic rings. The molecule has 7 heteroatoms. The zero-order valence-corrected chi connectivity index (χ0v) is 14.8. The van der Waals surface area contributed by atoms with Gasteiger partial charge in [0.25, 0.3) is 0 Å². The van der Waals surface area contributed by atoms with E-state index in [1.807, 2.05) is 17.5 Å². The molecule has 2 N–H and O–H groups in total. The lowest BCUT2D eigenvalue weighted by Crippen LogP contribution is -2.35. The minimum absolute atomic E-state index is 0.237. The molecular weight excluding hydrogens is 354 g/mol. The Bertz CT molecular complexity index is 837. The summed E-state index contributed by atoms with van der Waals surface area (Å²) < 4.78 is 0. The molecule has 2 aromatic rings. The molecule has 0 fully saturated rings. The van der Waals surface area contributed by atoms with Crippen LogP contribution in [-0.2, 0) is 0 Å². The first-order chi connectivity index (χ1) is 12.1. The van der Waals surface area contributed by atoms with E-state index >= 15 is 0 Å². The number of hydrogen-bond donors (Lipinski definition) is 2. The van der Waals surface area contributed by atoms with Gasteiger partial charge in [0.15, 0.2) is 16.7 Å². The van der Waals surface area contributed by atoms with E-state index in [2.05, 4.69) is 22.4 Å². The number of carbonyl (C=O) groups excluding carboxylic acids is 2. The zero-order valence-electron chi connectivity index (χ0n) is 13.2. The number of Topliss-reactive ketones (excluding diaryl/α,β-unsaturated/α-hetero) is 2. The minimum Gasteiger partial charge on any atom is -0.358 e. The van der Waals surface area contributed by atoms with Gasteiger partial charge in [-0.05, 0) is 23.7 Å². The Hall–Kier alpha value is -2.64. The fourth-order valence-corrected chi connectivity index (χ4v) is 3.47. The largest absolute Gasteiger partial charge is 0.358 e. The molecule has 5 nitrogen and oxygen atoms in total. The third-order valence-corrected chi connectivity index (χ3v) is 4.84. The van der Waals surface area contributed by atoms with Crippen LogP contribution in [0.4, 0.5) is 0 Å². The highest BCUT2D eigenvalue weighted by molar-refractivity contribution is 7.80. The Morgan fingerprint density at radius 1 is 1.20 bits per heavy atom. The SMILES string of the molecule is C=CCNC(=S)NN=C(c1cccs1)C1C(=O)c2ccccc2C1=O. The van der Waals surface area contributed by atoms with Gasteiger partial charge < -0.3 is 5.32 Å². The highest BCUT2D eigenvalue weighted by atomic mass is 32.1. The Morgan fingerprint density at radius 2 is 1.88 bits per heavy atom. The molecule has 0 atom stereocenters. The summed E-state index contributed by atoms with van der Waals surface area (Å²) in [5, 5.41) is 9.34. The van der Waals surface area contributed by atoms with Gasteiger partial charge >= 0.3 is 0 Å². The number of nitrogens with one attached hydrogen (secondary N) is 2. The quantitative estimate of drug-likeness (QED) is 0.279. The summed E-state index contributed by atoms with van der Waals surface area (Å²) in [4.78, 5) is 26.3. The van der Waals surface area contributed by atoms with Crippen molar-refractivity contribution < 1.29 is 9.59 Å². The number of hydrogen-bond acceptors (Lipinski definition) is 5. The first-order valence-corrected chi connectivity index (χ1v) is 8.86. The molecule has 0 saturated heterocycles. The highest BCUT2D eigenvalue weighted by Crippen LogP contribution is 2.30. The van der Waals surface area contributed by atoms with Gasteiger partial charge in [0, 0.05) is 17.7 Å². The molecule has 126 valence electrons. The molecule has 1 aromatic carbocycles. The van der Waals surface area contributed by atoms with Gasteiger partial charge in [-0.2, -0.15) is 5.10 Å². The van der Waals surface area contributed by atoms with Crippen LogP contribution < -0.4 is 10.7 Å². The molecule has 0 aliphatic heterocycles. The van der Waals surface area contributed by atoms with Gasteiger partial charge in [-0.25, -0.2) is 0 Å². The van der Waals surface area contributed by atoms with E-state index in [4.69, 9.17) is 12.2 Å². The average molecular weight is 369 g/mol. The van der Waals surface area contributed by atoms with Crippen LogP contribution >= 0.6 is 23.6 Å². The Balaban J connectivity index is 1.94. The summed E-state index contributed by atoms with van der Waals surface area (Å²) >= 11 is 6.54. The standard InChI is InChI=1S/C18H15N3O2S2/c1-2-9-19-18(24)21-20-15(13-8-5-10-25-13)14-16(22)11-6-3-4-7-12(11)17(14)23/h2-8,10,14H,1,9H2,(H2,19,21,24). The maximum absolute atomic E-state index is 12.8. The number of thiophene rings is 1. The smallest absolute Gasteiger partial charge is 0.187 e. The van der Waals surface area contributed by atoms with Crippen molar-refractivity contribution in [2.45, 2.75) is 0 Å². The lowest BCUT2D eigenvalue weighted by Gasteiger charge is -2.11. The monoisotopic (exact) mass is 369 g/mol. The maximum Gasteiger partial charge on any atom is 0.187 e. The molecule has 0 bridgehead atoms. The normalized spacial score (nSPS) is 14.3. The highest BCUT2D eigenvalue weighted by Gasteiger charge is 2.42. The van der Waals surface area contributed by atoms with Gasteiger partial charge in [-0.1, -0.05) is 36.4 Å². The van der Waals surface area contributed by atoms with Crippen molar-refractivity contribution in [3.05, 3.63) is 70.4 Å². The fraction of sp³-hybridized carbons (Fsp3) is 0.111. The number of carbonyl (C=O) groups is 2. The summed E-state index contributed by atoms with van der Waals surface area (Å²) in [6, 6.07) is 10.5. The summed E-state index contributed by atoms with van der Waals surface area (Å²) in [5.74, 6) is -1.43. The van der Waals surface area contributed by atoms with Crippen LogP contribution in [0.3, 0.4) is 0 Å². The molecule has 0 amide bonds. The van der Waals surface area contributed by atoms with Gasteiger partial charge in [-0.15, -0.1) is 17.9 Å². The van der Waals surface area contributed by atoms with Crippen molar-refractivity contribution in [1.29, 1.82) is 0 Å². The molecule has 0 unspecified atom stereocenters. The van der Waals surface area contributed by atoms with Crippen molar-refractivity contribution in [2.24, 2.45) is 11.0 Å². The molecule has 0 saturated carbocycles. The van der Waals surface area contributed by atoms with Crippen molar-refractivity contribution in [1.82, 2.24) is 10.7 Å². The average Bonchev–Trinajstić information content (AvgIpc) is 3.24. The summed E-state index contributed by atoms with van der Waals surface area (Å²) in [5.41, 5.74) is 3.97. The van der Waals surface area contributed by atoms with Crippen LogP contribution in [0.15, 0.2) is 59.5 Å². The minimum atomic E-state index is -0.953. The summed E-state index contributed by atoms with van der Waals surface area (Å²) in [6.07, 6.45) is 1.67. The van der Waals surface area contributed by atoms with E-state index in [1.54, 1.807) is 30.3 Å². The Kier molecular flexibility index (Phi) is 5.16. The van der Waals surface area contributed by atoms with E-state index in [9.17, 15) is 9.59 Å². The number of nitrogens with zero attached hydrogens (tertiary/aromatic N) is 1. The first kappa shape index (κ1) is 17.2. The van der Waals surface area contributed by atoms with Crippen LogP contribution in [0.25, 0.3) is 0 Å². The Labute approximate surface area is 154 Å². The van der Waals surface area contributed by atoms with E-state index in [0.29, 0.717) is 28.5 Å². The van der Waals surface area contributed by atoms with E-state index in [1.165, 1.54) is 11.3 Å². The number of benzene rings is 1. The number of rotatable bonds is 5. The second kappa shape index (κ2) is 7.50. The predicted molar refractivity (Wildman–Crippen MR) is 103 cm³/mol. The molecule has 0 spiro atoms. The third-order valence-electron chi connectivity index (χ3n) is 3.71. The van der Waals surface area contributed by atoms with Crippen molar-refractivity contribution in [3.63, 3.8) is 0 Å². The first-order valence-electron chi connectivity index (χ1n) is 7.57. The number of hydrazone groups is 1. The van der Waals surface area contributed by atoms with E-state index < -0.39 is 5.92 Å². The van der Waals surface area contributed by atoms with Crippen molar-refractivity contribution >= 4 is 45.9 Å². The van der Waals surface area contributed by atoms with Gasteiger partial charge in [0.05, 0.1) is 10.6 Å². The van der Waals surface area contributed by atoms with Gasteiger partial charge in [-0.3, -0.25) is 15.0 Å². The predicted octanol–water partition coefficient (Wildman–Crippen LogP) is 2.80. The molecule has 3 rings (SSSR count). The van der Waals surface area contributed by atoms with Crippen LogP contribution in [-0.4, -0.2) is 28.9 Å². The summed E-state index contributed by atoms with van der Waals surface area (Å²) in [6.45, 7) is 4.09. The Morgan fingerprint density at radius 3 is 2.44 bits per heavy atom. The van der Waals surface area contributed by atoms with E-state index in [0.717, 1.165) is 4.88 Å². The molecule has 25 heavy (non-hydrogen) atoms. The second-order valence-electron chi connectivity index (χ2n) is 5.29. The molecule has 1 aromatic heterocycles. The van der Waals surface area contributed by atoms with Crippen LogP contribution in [0.5, 0.6) is 0 Å². The van der Waals surface area contributed by atoms with Crippen LogP contribution in [0.2, 0.25) is 0 Å². The fourth-order valence-electron chi connectivity index (χ4n) is 2.59. The third kappa shape index (κ3) is 3.42. The van der Waals surface area contributed by atoms with Crippen LogP contribution in [0.1, 0.15) is 25.6 Å². The maximum atomic E-state index is 12.8. The van der Waals surface area contributed by atoms with Crippen molar-refractivity contribution in [3.8, 4) is 0 Å². The molecule has 0 radical (unpaired) electrons. The van der Waals surface area contributed by atoms with Gasteiger partial charge in [0.2, 0.25) is 0 Å². The number of thiocarbonyl (C=S) groups is 1. The lowest BCUT2D eigenvalue weighted by molar-refractivity contribution is 0.0883. The second-order valence-corrected chi connectivity index (χ2v) is 6.65. The zero-order chi connectivity index (χ0) is 17.8. The number of fused-ring (bicyclic) bond motifs is 1. The topological polar surface area (TPSA) is 70.6 Å².